The van der Waals surface area contributed by atoms with E-state index in [-0.39, 0.29) is 254 Å². The molecule has 49 heteroatoms. The number of carboxylic acid groups (broad SMARTS) is 1. The number of hydrogen-bond donors (Lipinski definition) is 6. The number of allylic oxidation sites excluding steroid dienone is 3. The molecule has 2 aliphatic carbocycles. The summed E-state index contributed by atoms with van der Waals surface area (Å²) >= 11 is 0. The third-order valence-electron chi connectivity index (χ3n) is 22.9. The monoisotopic (exact) mass is 2260 g/mol. The van der Waals surface area contributed by atoms with Crippen molar-refractivity contribution >= 4 is 86.9 Å². The summed E-state index contributed by atoms with van der Waals surface area (Å²) in [5.41, 5.74) is -4.52. The molecule has 4 saturated heterocycles. The van der Waals surface area contributed by atoms with E-state index in [9.17, 15) is 75.9 Å². The number of Topliss-reactive ketones (excluding diaryl/α,β-unsaturated/α-hetero) is 1. The van der Waals surface area contributed by atoms with E-state index < -0.39 is 167 Å². The Bertz CT molecular complexity index is 4930. The number of carbonyl (C=O) groups excluding carboxylic acids is 12. The Morgan fingerprint density at radius 1 is 0.482 bits per heavy atom. The normalized spacial score (nSPS) is 21.0. The molecule has 10 rings (SSSR count). The molecule has 8 heterocycles. The number of unbranched alkanes of at least 4 members (excludes halogenated alkanes) is 3. The molecule has 1 unspecified atom stereocenters. The van der Waals surface area contributed by atoms with Crippen molar-refractivity contribution in [2.45, 2.75) is 302 Å². The zero-order valence-electron chi connectivity index (χ0n) is 83.4. The van der Waals surface area contributed by atoms with Crippen LogP contribution in [0.4, 0.5) is 4.79 Å². The summed E-state index contributed by atoms with van der Waals surface area (Å²) < 4.78 is 40.2. The number of aliphatic carboxylic acids is 1. The maximum absolute atomic E-state index is 14.1. The van der Waals surface area contributed by atoms with Crippen LogP contribution in [0.2, 0.25) is 0 Å². The molecule has 0 spiro atoms. The summed E-state index contributed by atoms with van der Waals surface area (Å²) in [6, 6.07) is -8.90. The Kier molecular flexibility index (Phi) is 52.7. The molecule has 44 nitrogen and oxygen atoms in total. The van der Waals surface area contributed by atoms with Gasteiger partial charge in [0.15, 0.2) is 15.6 Å². The van der Waals surface area contributed by atoms with Crippen molar-refractivity contribution in [2.75, 3.05) is 46.2 Å². The van der Waals surface area contributed by atoms with Crippen molar-refractivity contribution in [1.82, 2.24) is 127 Å². The van der Waals surface area contributed by atoms with Crippen LogP contribution in [0.1, 0.15) is 261 Å². The van der Waals surface area contributed by atoms with Gasteiger partial charge in [-0.25, -0.2) is 27.6 Å². The number of carboxylic acids is 1. The fourth-order valence-electron chi connectivity index (χ4n) is 15.5. The second kappa shape index (κ2) is 56.8. The number of nitrogens with one attached hydrogen (secondary N) is 5. The van der Waals surface area contributed by atoms with Gasteiger partial charge in [0.1, 0.15) is 65.2 Å². The molecule has 6 N–H and O–H groups in total. The molecule has 139 heavy (non-hydrogen) atoms. The number of amides is 9. The first kappa shape index (κ1) is 129. The Hall–Kier alpha value is -8.06. The number of sulfone groups is 1. The maximum Gasteiger partial charge on any atom is 0.408 e. The Labute approximate surface area is 917 Å². The molecule has 2 saturated carbocycles. The number of ketones is 1. The van der Waals surface area contributed by atoms with Gasteiger partial charge in [0, 0.05) is 225 Å². The summed E-state index contributed by atoms with van der Waals surface area (Å²) in [5.74, 6) is -5.71. The third kappa shape index (κ3) is 37.6. The number of ether oxygens (including phenoxy) is 3. The second-order valence-corrected chi connectivity index (χ2v) is 41.3. The number of nitrogens with zero attached hydrogens (tertiary/aromatic N) is 20. The zero-order chi connectivity index (χ0) is 102. The van der Waals surface area contributed by atoms with Crippen LogP contribution in [-0.4, -0.2) is 302 Å². The molecule has 14 atom stereocenters. The van der Waals surface area contributed by atoms with Crippen molar-refractivity contribution in [1.29, 1.82) is 0 Å². The first-order valence-electron chi connectivity index (χ1n) is 44.4. The Balaban J connectivity index is 0.000000917. The van der Waals surface area contributed by atoms with Crippen LogP contribution >= 0.6 is 0 Å². The van der Waals surface area contributed by atoms with Crippen LogP contribution in [0, 0.1) is 81.6 Å². The second-order valence-electron chi connectivity index (χ2n) is 39.0. The molecule has 4 aromatic heterocycles. The van der Waals surface area contributed by atoms with Gasteiger partial charge in [-0.1, -0.05) is 109 Å². The van der Waals surface area contributed by atoms with Gasteiger partial charge in [-0.15, -0.1) is 27.0 Å². The predicted molar refractivity (Wildman–Crippen MR) is 490 cm³/mol. The minimum atomic E-state index is -3.57. The molecule has 4 aliphatic heterocycles. The number of carbonyl (C=O) groups is 13. The van der Waals surface area contributed by atoms with E-state index >= 15 is 0 Å². The SMILES string of the molecule is C=CCCCC(=O)N[C@H](C(=O)N1C[C@H](n2nnc([CH2-])n2)C[C@H]1C(=O)OC)C(C)(C)C.[CH-]=C.[CH-]=C.[CH-]=CCCCC(=O)N[C@H](C(=O)N1C[C@H](n2nnc([CH2-])n2)C[C@H]1C(=O)NC1(C(=O)CS(=O)(=O)C2CC2)C[C@H]1C)C(C)(C)C.[CH-]=CCCCC(=O)N[C@H](C(=O)N1C[C@H](n2nnc([CH2-])n2)C[C@H]1C(=O)O)C(C)(C)C.[CH2-]c1nnn([C@@H]2C[C@@H](C(=O)OC)N(C(=O)[C@@H](NC(=O)OC(C)(C)C)C(C)(C)C)C2)n1.[Y].[Y].[Y].[Y]. The average Bonchev–Trinajstić information content (AvgIpc) is 1.57. The van der Waals surface area contributed by atoms with Gasteiger partial charge >= 0.3 is 24.0 Å². The van der Waals surface area contributed by atoms with Crippen LogP contribution in [-0.2, 0) is 212 Å². The van der Waals surface area contributed by atoms with Crippen LogP contribution < -0.4 is 26.6 Å². The van der Waals surface area contributed by atoms with E-state index in [0.717, 1.165) is 6.42 Å². The minimum absolute atomic E-state index is 0. The van der Waals surface area contributed by atoms with E-state index in [1.165, 1.54) is 65.2 Å². The summed E-state index contributed by atoms with van der Waals surface area (Å²) in [7, 11) is -1.02. The molecule has 4 aromatic rings. The van der Waals surface area contributed by atoms with E-state index in [4.69, 9.17) is 27.4 Å². The van der Waals surface area contributed by atoms with Crippen LogP contribution in [0.15, 0.2) is 38.0 Å². The predicted octanol–water partition coefficient (Wildman–Crippen LogP) is 4.87. The van der Waals surface area contributed by atoms with E-state index in [2.05, 4.69) is 149 Å². The van der Waals surface area contributed by atoms with Gasteiger partial charge in [-0.05, 0) is 114 Å². The third-order valence-corrected chi connectivity index (χ3v) is 25.0. The first-order chi connectivity index (χ1) is 62.9. The Morgan fingerprint density at radius 3 is 1.01 bits per heavy atom. The number of methoxy groups -OCH3 is 2. The molecule has 6 fully saturated rings. The maximum atomic E-state index is 14.1. The van der Waals surface area contributed by atoms with Crippen molar-refractivity contribution in [2.24, 2.45) is 27.6 Å². The van der Waals surface area contributed by atoms with Gasteiger partial charge in [0.2, 0.25) is 47.3 Å². The smallest absolute Gasteiger partial charge is 0.408 e. The van der Waals surface area contributed by atoms with Crippen molar-refractivity contribution < 1.29 is 221 Å². The average molecular weight is 2260 g/mol. The molecule has 762 valence electrons. The fraction of sp³-hybridized carbons (Fsp3) is 0.656. The number of alkyl carbamates (subject to hydrolysis) is 1. The van der Waals surface area contributed by atoms with Gasteiger partial charge in [0.25, 0.3) is 0 Å². The fourth-order valence-corrected chi connectivity index (χ4v) is 17.2. The van der Waals surface area contributed by atoms with Gasteiger partial charge in [-0.2, -0.15) is 39.6 Å². The molecule has 0 bridgehead atoms. The van der Waals surface area contributed by atoms with E-state index in [1.807, 2.05) is 83.1 Å². The van der Waals surface area contributed by atoms with Crippen molar-refractivity contribution in [3.8, 4) is 0 Å². The van der Waals surface area contributed by atoms with Crippen LogP contribution in [0.3, 0.4) is 0 Å². The number of aromatic nitrogens is 16. The van der Waals surface area contributed by atoms with E-state index in [1.54, 1.807) is 33.8 Å². The molecular weight excluding hydrogens is 2120 g/mol. The van der Waals surface area contributed by atoms with Gasteiger partial charge in [0.05, 0.1) is 43.6 Å². The van der Waals surface area contributed by atoms with E-state index in [0.29, 0.717) is 64.2 Å². The standard InChI is InChI=1S/C28H41N7O6S.C20H31N6O4.C19H31N6O5.C19H28N6O4.2C2H3.4Y/c1-7-8-9-10-23(37)29-24(27(4,5)6)26(39)34-15-19(35-32-18(3)31-33-35)13-21(34)25(38)30-28(14-17(28)2)22(36)16-42(40,41)20-11-12-20;1-7-8-9-10-16(27)21-17(20(3,4)5)18(28)25-12-14(11-15(25)19(29)30-6)26-23-13(2)22-24-26;1-11-21-23-25(22-11)12-9-13(16(27)29-8)24(10-12)15(26)14(18(2,3)4)20-17(28)30-19(5,6)7;1-6-7-8-9-15(26)20-16(19(3,4)5)17(27)24-11-13(10-14(24)18(28)29)25-22-12(2)21-23-25;2*1-2;;;;/h1,7,17,19-21,24H,3,8-16H2,2,4-6H3,(H,29,37)(H,30,38);7,14-15,17H,1-2,8-12H2,3-6H3,(H,21,27);12-14H,1,9-10H2,2-8H3,(H,20,28);1,6,13-14,16H,2,7-11H2,3-5H3,(H,20,26)(H,28,29);2*1H,2H2;;;;/q-2;2*-1;-2;2*-1;;;;/t17-,19-,21+,24-,28?;14-,15+,17-;12-,13+,14-;13-,14+,16-;;;;;;/m1111....../s1. The molecule has 9 amide bonds. The molecule has 6 aliphatic rings. The van der Waals surface area contributed by atoms with Crippen molar-refractivity contribution in [3.05, 3.63) is 115 Å². The largest absolute Gasteiger partial charge is 0.521 e. The van der Waals surface area contributed by atoms with Gasteiger partial charge < -0.3 is 120 Å². The minimum Gasteiger partial charge on any atom is -0.521 e. The topological polar surface area (TPSA) is 551 Å². The van der Waals surface area contributed by atoms with Crippen LogP contribution in [0.5, 0.6) is 0 Å². The summed E-state index contributed by atoms with van der Waals surface area (Å²) in [5, 5.41) is 70.2. The van der Waals surface area contributed by atoms with Crippen LogP contribution in [0.25, 0.3) is 0 Å². The zero-order valence-corrected chi connectivity index (χ0v) is 95.6. The molecular formula is C90H137N25O19SY4-8. The number of hydrogen-bond acceptors (Lipinski definition) is 30. The number of tetrazole rings is 4. The molecule has 0 aromatic carbocycles. The summed E-state index contributed by atoms with van der Waals surface area (Å²) in [6.45, 7) is 72.4. The number of likely N-dealkylation sites (tertiary alicyclic amines) is 4. The molecule has 4 radical (unpaired) electrons. The quantitative estimate of drug-likeness (QED) is 0.0122. The Morgan fingerprint density at radius 2 is 0.763 bits per heavy atom. The van der Waals surface area contributed by atoms with Gasteiger partial charge in [-0.3, -0.25) is 68.5 Å². The first-order valence-corrected chi connectivity index (χ1v) is 46.2. The number of esters is 2. The summed E-state index contributed by atoms with van der Waals surface area (Å²) in [4.78, 5) is 179. The summed E-state index contributed by atoms with van der Waals surface area (Å²) in [6.07, 6.45) is 10.6. The number of rotatable bonds is 33. The van der Waals surface area contributed by atoms with Crippen molar-refractivity contribution in [3.63, 3.8) is 0 Å².